The number of hydrogen-bond acceptors (Lipinski definition) is 20. The Kier molecular flexibility index (Phi) is 16.8. The van der Waals surface area contributed by atoms with Crippen LogP contribution in [-0.2, 0) is 50.7 Å². The Balaban J connectivity index is 1.49. The van der Waals surface area contributed by atoms with E-state index in [4.69, 9.17) is 24.6 Å². The second-order valence-corrected chi connectivity index (χ2v) is 17.7. The molecule has 2 aromatic rings. The SMILES string of the molecule is CC(C)(COP(=O)(O)OP(=O)(O)OC[C@H]1O[C@@H](n2cnc3c(N)ncnc32)[C@H](O)[C@@H]1OP(=O)(O)O)[C@@H](O)C(=O)NCCC(=O)NCCSC(=O)C[C@@H](O)CO. The third-order valence-corrected chi connectivity index (χ3v) is 11.4. The highest BCUT2D eigenvalue weighted by atomic mass is 32.2. The summed E-state index contributed by atoms with van der Waals surface area (Å²) in [5.74, 6) is -1.39. The van der Waals surface area contributed by atoms with Crippen LogP contribution in [0.15, 0.2) is 12.7 Å². The lowest BCUT2D eigenvalue weighted by molar-refractivity contribution is -0.137. The number of phosphoric ester groups is 3. The van der Waals surface area contributed by atoms with E-state index in [0.29, 0.717) is 0 Å². The predicted molar refractivity (Wildman–Crippen MR) is 185 cm³/mol. The van der Waals surface area contributed by atoms with Gasteiger partial charge in [-0.2, -0.15) is 4.31 Å². The van der Waals surface area contributed by atoms with E-state index in [9.17, 15) is 63.0 Å². The fraction of sp³-hybridized carbons (Fsp3) is 0.680. The van der Waals surface area contributed by atoms with E-state index in [1.807, 2.05) is 0 Å². The lowest BCUT2D eigenvalue weighted by Crippen LogP contribution is -2.46. The topological polar surface area (TPSA) is 404 Å². The van der Waals surface area contributed by atoms with Crippen molar-refractivity contribution in [3.8, 4) is 0 Å². The van der Waals surface area contributed by atoms with Crippen LogP contribution in [0.1, 0.15) is 32.9 Å². The van der Waals surface area contributed by atoms with Gasteiger partial charge in [0.25, 0.3) is 0 Å². The number of ether oxygens (including phenoxy) is 1. The van der Waals surface area contributed by atoms with Gasteiger partial charge in [-0.25, -0.2) is 28.6 Å². The van der Waals surface area contributed by atoms with Gasteiger partial charge in [0.15, 0.2) is 22.8 Å². The van der Waals surface area contributed by atoms with Crippen molar-refractivity contribution in [3.05, 3.63) is 12.7 Å². The highest BCUT2D eigenvalue weighted by Gasteiger charge is 2.50. The van der Waals surface area contributed by atoms with Gasteiger partial charge in [-0.05, 0) is 0 Å². The van der Waals surface area contributed by atoms with Gasteiger partial charge < -0.3 is 61.1 Å². The number of imidazole rings is 1. The molecule has 26 nitrogen and oxygen atoms in total. The number of amides is 2. The maximum Gasteiger partial charge on any atom is 0.481 e. The summed E-state index contributed by atoms with van der Waals surface area (Å²) in [6.45, 7) is -0.333. The number of nitrogens with one attached hydrogen (secondary N) is 2. The van der Waals surface area contributed by atoms with E-state index in [1.54, 1.807) is 0 Å². The van der Waals surface area contributed by atoms with Gasteiger partial charge in [-0.1, -0.05) is 25.6 Å². The van der Waals surface area contributed by atoms with Gasteiger partial charge in [0.1, 0.15) is 36.3 Å². The Hall–Kier alpha value is -2.52. The van der Waals surface area contributed by atoms with Crippen molar-refractivity contribution >= 4 is 69.1 Å². The summed E-state index contributed by atoms with van der Waals surface area (Å²) in [6.07, 6.45) is -8.49. The molecule has 30 heteroatoms. The normalized spacial score (nSPS) is 22.4. The van der Waals surface area contributed by atoms with E-state index in [1.165, 1.54) is 13.8 Å². The Morgan fingerprint density at radius 2 is 1.73 bits per heavy atom. The zero-order valence-electron chi connectivity index (χ0n) is 29.0. The molecule has 0 spiro atoms. The van der Waals surface area contributed by atoms with Crippen LogP contribution in [-0.4, -0.2) is 146 Å². The third kappa shape index (κ3) is 14.4. The van der Waals surface area contributed by atoms with E-state index in [-0.39, 0.29) is 53.8 Å². The van der Waals surface area contributed by atoms with Crippen molar-refractivity contribution < 1.29 is 90.7 Å². The number of rotatable bonds is 22. The molecule has 2 aromatic heterocycles. The quantitative estimate of drug-likeness (QED) is 0.0427. The monoisotopic (exact) mass is 869 g/mol. The summed E-state index contributed by atoms with van der Waals surface area (Å²) in [5, 5.41) is 43.8. The molecule has 8 atom stereocenters. The molecule has 55 heavy (non-hydrogen) atoms. The lowest BCUT2D eigenvalue weighted by Gasteiger charge is -2.30. The van der Waals surface area contributed by atoms with Crippen molar-refractivity contribution in [1.29, 1.82) is 0 Å². The number of hydrogen-bond donors (Lipinski definition) is 11. The number of thioether (sulfide) groups is 1. The molecular formula is C25H42N7O19P3S. The van der Waals surface area contributed by atoms with Crippen LogP contribution in [0.3, 0.4) is 0 Å². The summed E-state index contributed by atoms with van der Waals surface area (Å²) in [6, 6.07) is 0. The first-order valence-corrected chi connectivity index (χ1v) is 21.3. The average molecular weight is 870 g/mol. The molecule has 0 bridgehead atoms. The van der Waals surface area contributed by atoms with Gasteiger partial charge in [-0.3, -0.25) is 32.5 Å². The molecule has 1 aliphatic rings. The van der Waals surface area contributed by atoms with Crippen LogP contribution in [0.25, 0.3) is 11.2 Å². The summed E-state index contributed by atoms with van der Waals surface area (Å²) >= 11 is 0.843. The van der Waals surface area contributed by atoms with E-state index in [2.05, 4.69) is 34.4 Å². The number of aliphatic hydroxyl groups excluding tert-OH is 4. The minimum absolute atomic E-state index is 0.0210. The van der Waals surface area contributed by atoms with Gasteiger partial charge in [0, 0.05) is 37.1 Å². The number of carbonyl (C=O) groups is 3. The van der Waals surface area contributed by atoms with E-state index in [0.717, 1.165) is 29.0 Å². The lowest BCUT2D eigenvalue weighted by atomic mass is 9.87. The molecule has 312 valence electrons. The van der Waals surface area contributed by atoms with Crippen LogP contribution in [0.4, 0.5) is 5.82 Å². The van der Waals surface area contributed by atoms with Gasteiger partial charge in [0.2, 0.25) is 11.8 Å². The van der Waals surface area contributed by atoms with Crippen LogP contribution in [0.5, 0.6) is 0 Å². The van der Waals surface area contributed by atoms with Crippen molar-refractivity contribution in [1.82, 2.24) is 30.2 Å². The second-order valence-electron chi connectivity index (χ2n) is 12.3. The number of fused-ring (bicyclic) bond motifs is 1. The van der Waals surface area contributed by atoms with Crippen LogP contribution >= 0.6 is 35.2 Å². The molecular weight excluding hydrogens is 827 g/mol. The first kappa shape index (κ1) is 46.9. The molecule has 0 aromatic carbocycles. The highest BCUT2D eigenvalue weighted by molar-refractivity contribution is 8.13. The standard InChI is InChI=1S/C25H42N7O19P3S/c1-25(2,20(38)23(39)28-4-3-15(35)27-5-6-55-16(36)7-13(34)8-33)10-48-54(45,46)51-53(43,44)47-9-14-19(50-52(40,41)42)18(37)24(49-14)32-12-31-17-21(26)29-11-30-22(17)32/h11-14,18-20,24,33-34,37-38H,3-10H2,1-2H3,(H,27,35)(H,28,39)(H,43,44)(H,45,46)(H2,26,29,30)(H2,40,41,42)/t13-,14-,18-,19-,20+,24-/m1/s1. The van der Waals surface area contributed by atoms with Crippen molar-refractivity contribution in [2.24, 2.45) is 5.41 Å². The van der Waals surface area contributed by atoms with Gasteiger partial charge in [0.05, 0.1) is 32.3 Å². The maximum absolute atomic E-state index is 12.6. The molecule has 2 unspecified atom stereocenters. The van der Waals surface area contributed by atoms with E-state index < -0.39 is 97.3 Å². The highest BCUT2D eigenvalue weighted by Crippen LogP contribution is 2.61. The Morgan fingerprint density at radius 1 is 1.05 bits per heavy atom. The predicted octanol–water partition coefficient (Wildman–Crippen LogP) is -2.59. The van der Waals surface area contributed by atoms with Crippen molar-refractivity contribution in [3.63, 3.8) is 0 Å². The van der Waals surface area contributed by atoms with Crippen LogP contribution in [0.2, 0.25) is 0 Å². The number of nitrogens with zero attached hydrogens (tertiary/aromatic N) is 4. The van der Waals surface area contributed by atoms with Crippen molar-refractivity contribution in [2.75, 3.05) is 44.4 Å². The molecule has 3 heterocycles. The molecule has 0 aliphatic carbocycles. The Labute approximate surface area is 315 Å². The van der Waals surface area contributed by atoms with Gasteiger partial charge in [-0.15, -0.1) is 0 Å². The van der Waals surface area contributed by atoms with Crippen LogP contribution < -0.4 is 16.4 Å². The summed E-state index contributed by atoms with van der Waals surface area (Å²) in [7, 11) is -16.4. The largest absolute Gasteiger partial charge is 0.481 e. The molecule has 2 amide bonds. The molecule has 0 saturated carbocycles. The number of aliphatic hydroxyl groups is 4. The first-order chi connectivity index (χ1) is 25.4. The third-order valence-electron chi connectivity index (χ3n) is 7.38. The number of nitrogens with two attached hydrogens (primary N) is 1. The number of aromatic nitrogens is 4. The van der Waals surface area contributed by atoms with Gasteiger partial charge >= 0.3 is 23.5 Å². The molecule has 1 fully saturated rings. The first-order valence-electron chi connectivity index (χ1n) is 15.8. The van der Waals surface area contributed by atoms with Crippen molar-refractivity contribution in [2.45, 2.75) is 63.4 Å². The smallest absolute Gasteiger partial charge is 0.394 e. The molecule has 12 N–H and O–H groups in total. The average Bonchev–Trinajstić information content (AvgIpc) is 3.64. The fourth-order valence-electron chi connectivity index (χ4n) is 4.61. The maximum atomic E-state index is 12.6. The minimum atomic E-state index is -5.58. The number of anilines is 1. The zero-order chi connectivity index (χ0) is 41.4. The van der Waals surface area contributed by atoms with Crippen LogP contribution in [0, 0.1) is 5.41 Å². The van der Waals surface area contributed by atoms with E-state index >= 15 is 0 Å². The summed E-state index contributed by atoms with van der Waals surface area (Å²) < 4.78 is 61.9. The number of phosphoric acid groups is 3. The number of carbonyl (C=O) groups excluding carboxylic acids is 3. The Morgan fingerprint density at radius 3 is 2.38 bits per heavy atom. The summed E-state index contributed by atoms with van der Waals surface area (Å²) in [5.41, 5.74) is 4.21. The Bertz CT molecular complexity index is 1800. The molecule has 1 aliphatic heterocycles. The fourth-order valence-corrected chi connectivity index (χ4v) is 8.18. The second kappa shape index (κ2) is 19.8. The molecule has 0 radical (unpaired) electrons. The zero-order valence-corrected chi connectivity index (χ0v) is 32.5. The minimum Gasteiger partial charge on any atom is -0.394 e. The number of nitrogen functional groups attached to an aromatic ring is 1. The molecule has 1 saturated heterocycles. The molecule has 3 rings (SSSR count). The summed E-state index contributed by atoms with van der Waals surface area (Å²) in [4.78, 5) is 86.9.